The first-order valence-electron chi connectivity index (χ1n) is 6.50. The molecule has 0 aromatic carbocycles. The molecular weight excluding hydrogens is 236 g/mol. The van der Waals surface area contributed by atoms with Gasteiger partial charge in [0.1, 0.15) is 0 Å². The van der Waals surface area contributed by atoms with E-state index in [-0.39, 0.29) is 5.92 Å². The highest BCUT2D eigenvalue weighted by Crippen LogP contribution is 2.34. The van der Waals surface area contributed by atoms with E-state index in [1.165, 1.54) is 6.42 Å². The molecule has 0 spiro atoms. The maximum atomic E-state index is 10.8. The van der Waals surface area contributed by atoms with Gasteiger partial charge in [0.15, 0.2) is 0 Å². The summed E-state index contributed by atoms with van der Waals surface area (Å²) in [5, 5.41) is 19.2. The molecule has 0 aliphatic heterocycles. The highest BCUT2D eigenvalue weighted by atomic mass is 32.2. The number of thioether (sulfide) groups is 1. The maximum absolute atomic E-state index is 10.8. The van der Waals surface area contributed by atoms with Crippen molar-refractivity contribution < 1.29 is 15.0 Å². The molecule has 1 unspecified atom stereocenters. The summed E-state index contributed by atoms with van der Waals surface area (Å²) in [5.74, 6) is 1.58. The monoisotopic (exact) mass is 260 g/mol. The van der Waals surface area contributed by atoms with Crippen LogP contribution in [0, 0.1) is 11.8 Å². The van der Waals surface area contributed by atoms with Gasteiger partial charge < -0.3 is 10.2 Å². The van der Waals surface area contributed by atoms with E-state index in [4.69, 9.17) is 5.11 Å². The van der Waals surface area contributed by atoms with Crippen molar-refractivity contribution >= 4 is 17.7 Å². The Kier molecular flexibility index (Phi) is 5.80. The molecule has 0 bridgehead atoms. The van der Waals surface area contributed by atoms with E-state index in [1.54, 1.807) is 11.8 Å². The van der Waals surface area contributed by atoms with Gasteiger partial charge in [0, 0.05) is 5.75 Å². The summed E-state index contributed by atoms with van der Waals surface area (Å²) in [7, 11) is 0. The van der Waals surface area contributed by atoms with Crippen LogP contribution in [0.25, 0.3) is 0 Å². The van der Waals surface area contributed by atoms with Crippen molar-refractivity contribution in [1.29, 1.82) is 0 Å². The first-order chi connectivity index (χ1) is 7.97. The molecule has 0 heterocycles. The summed E-state index contributed by atoms with van der Waals surface area (Å²) >= 11 is 1.80. The SMILES string of the molecule is CCC(C)CSCC1(O)CCC(C(=O)O)CC1. The molecule has 1 aliphatic carbocycles. The first-order valence-corrected chi connectivity index (χ1v) is 7.65. The Morgan fingerprint density at radius 3 is 2.53 bits per heavy atom. The predicted octanol–water partition coefficient (Wildman–Crippen LogP) is 2.77. The molecular formula is C13H24O3S. The molecule has 1 atom stereocenters. The number of carboxylic acid groups (broad SMARTS) is 1. The third-order valence-corrected chi connectivity index (χ3v) is 5.28. The van der Waals surface area contributed by atoms with Crippen LogP contribution in [0.15, 0.2) is 0 Å². The highest BCUT2D eigenvalue weighted by molar-refractivity contribution is 7.99. The minimum absolute atomic E-state index is 0.241. The fourth-order valence-corrected chi connectivity index (χ4v) is 3.54. The summed E-state index contributed by atoms with van der Waals surface area (Å²) in [6.07, 6.45) is 3.69. The number of hydrogen-bond acceptors (Lipinski definition) is 3. The third-order valence-electron chi connectivity index (χ3n) is 3.74. The highest BCUT2D eigenvalue weighted by Gasteiger charge is 2.35. The molecule has 4 heteroatoms. The van der Waals surface area contributed by atoms with E-state index in [0.29, 0.717) is 31.6 Å². The molecule has 1 rings (SSSR count). The van der Waals surface area contributed by atoms with Crippen molar-refractivity contribution in [2.45, 2.75) is 51.6 Å². The normalized spacial score (nSPS) is 31.1. The molecule has 0 aromatic rings. The smallest absolute Gasteiger partial charge is 0.306 e. The quantitative estimate of drug-likeness (QED) is 0.771. The zero-order valence-corrected chi connectivity index (χ0v) is 11.6. The number of carboxylic acids is 1. The van der Waals surface area contributed by atoms with Gasteiger partial charge in [-0.3, -0.25) is 4.79 Å². The molecule has 17 heavy (non-hydrogen) atoms. The van der Waals surface area contributed by atoms with Gasteiger partial charge in [0.25, 0.3) is 0 Å². The molecule has 3 nitrogen and oxygen atoms in total. The van der Waals surface area contributed by atoms with Crippen LogP contribution in [0.5, 0.6) is 0 Å². The van der Waals surface area contributed by atoms with Crippen molar-refractivity contribution in [2.75, 3.05) is 11.5 Å². The van der Waals surface area contributed by atoms with Crippen molar-refractivity contribution in [1.82, 2.24) is 0 Å². The maximum Gasteiger partial charge on any atom is 0.306 e. The molecule has 0 radical (unpaired) electrons. The van der Waals surface area contributed by atoms with Crippen LogP contribution in [0.4, 0.5) is 0 Å². The van der Waals surface area contributed by atoms with Gasteiger partial charge in [-0.25, -0.2) is 0 Å². The van der Waals surface area contributed by atoms with Gasteiger partial charge in [-0.2, -0.15) is 11.8 Å². The summed E-state index contributed by atoms with van der Waals surface area (Å²) in [6, 6.07) is 0. The lowest BCUT2D eigenvalue weighted by atomic mass is 9.80. The molecule has 0 saturated heterocycles. The van der Waals surface area contributed by atoms with Crippen LogP contribution in [0.3, 0.4) is 0 Å². The Balaban J connectivity index is 2.27. The van der Waals surface area contributed by atoms with Crippen LogP contribution in [0.1, 0.15) is 46.0 Å². The number of aliphatic hydroxyl groups is 1. The summed E-state index contributed by atoms with van der Waals surface area (Å²) in [5.41, 5.74) is -0.621. The number of hydrogen-bond donors (Lipinski definition) is 2. The number of rotatable bonds is 6. The number of aliphatic carboxylic acids is 1. The second kappa shape index (κ2) is 6.64. The molecule has 1 saturated carbocycles. The van der Waals surface area contributed by atoms with Crippen LogP contribution in [-0.2, 0) is 4.79 Å². The van der Waals surface area contributed by atoms with Crippen LogP contribution < -0.4 is 0 Å². The average molecular weight is 260 g/mol. The van der Waals surface area contributed by atoms with Gasteiger partial charge in [-0.15, -0.1) is 0 Å². The first kappa shape index (κ1) is 14.8. The lowest BCUT2D eigenvalue weighted by Crippen LogP contribution is -2.38. The summed E-state index contributed by atoms with van der Waals surface area (Å²) in [6.45, 7) is 4.40. The molecule has 1 aliphatic rings. The van der Waals surface area contributed by atoms with Crippen LogP contribution >= 0.6 is 11.8 Å². The largest absolute Gasteiger partial charge is 0.481 e. The predicted molar refractivity (Wildman–Crippen MR) is 71.3 cm³/mol. The second-order valence-electron chi connectivity index (χ2n) is 5.37. The van der Waals surface area contributed by atoms with Gasteiger partial charge in [-0.05, 0) is 37.4 Å². The molecule has 0 amide bonds. The van der Waals surface area contributed by atoms with E-state index in [2.05, 4.69) is 13.8 Å². The molecule has 2 N–H and O–H groups in total. The van der Waals surface area contributed by atoms with Gasteiger partial charge >= 0.3 is 5.97 Å². The van der Waals surface area contributed by atoms with E-state index in [0.717, 1.165) is 11.5 Å². The van der Waals surface area contributed by atoms with Crippen LogP contribution in [0.2, 0.25) is 0 Å². The molecule has 0 aromatic heterocycles. The molecule has 1 fully saturated rings. The zero-order chi connectivity index (χ0) is 12.9. The lowest BCUT2D eigenvalue weighted by Gasteiger charge is -2.34. The Labute approximate surface area is 108 Å². The van der Waals surface area contributed by atoms with E-state index in [9.17, 15) is 9.90 Å². The van der Waals surface area contributed by atoms with Crippen molar-refractivity contribution in [2.24, 2.45) is 11.8 Å². The minimum atomic E-state index is -0.709. The van der Waals surface area contributed by atoms with Gasteiger partial charge in [0.05, 0.1) is 11.5 Å². The van der Waals surface area contributed by atoms with Crippen molar-refractivity contribution in [3.63, 3.8) is 0 Å². The topological polar surface area (TPSA) is 57.5 Å². The Morgan fingerprint density at radius 2 is 2.06 bits per heavy atom. The second-order valence-corrected chi connectivity index (χ2v) is 6.40. The fraction of sp³-hybridized carbons (Fsp3) is 0.923. The summed E-state index contributed by atoms with van der Waals surface area (Å²) < 4.78 is 0. The van der Waals surface area contributed by atoms with E-state index < -0.39 is 11.6 Å². The average Bonchev–Trinajstić information content (AvgIpc) is 2.29. The van der Waals surface area contributed by atoms with Gasteiger partial charge in [-0.1, -0.05) is 20.3 Å². The Bertz CT molecular complexity index is 247. The number of carbonyl (C=O) groups is 1. The van der Waals surface area contributed by atoms with E-state index >= 15 is 0 Å². The molecule has 100 valence electrons. The Hall–Kier alpha value is -0.220. The zero-order valence-electron chi connectivity index (χ0n) is 10.8. The lowest BCUT2D eigenvalue weighted by molar-refractivity contribution is -0.144. The van der Waals surface area contributed by atoms with Crippen LogP contribution in [-0.4, -0.2) is 33.3 Å². The summed E-state index contributed by atoms with van der Waals surface area (Å²) in [4.78, 5) is 10.8. The van der Waals surface area contributed by atoms with Crippen molar-refractivity contribution in [3.8, 4) is 0 Å². The minimum Gasteiger partial charge on any atom is -0.481 e. The fourth-order valence-electron chi connectivity index (χ4n) is 2.11. The third kappa shape index (κ3) is 4.88. The Morgan fingerprint density at radius 1 is 1.47 bits per heavy atom. The van der Waals surface area contributed by atoms with Gasteiger partial charge in [0.2, 0.25) is 0 Å². The van der Waals surface area contributed by atoms with E-state index in [1.807, 2.05) is 0 Å². The standard InChI is InChI=1S/C13H24O3S/c1-3-10(2)8-17-9-13(16)6-4-11(5-7-13)12(14)15/h10-11,16H,3-9H2,1-2H3,(H,14,15). The van der Waals surface area contributed by atoms with Crippen molar-refractivity contribution in [3.05, 3.63) is 0 Å².